The smallest absolute Gasteiger partial charge is 0.309 e. The number of Topliss-reactive ketones (excluding diaryl/α,β-unsaturated/α-hetero) is 1. The van der Waals surface area contributed by atoms with Crippen LogP contribution < -0.4 is 15.0 Å². The molecule has 0 radical (unpaired) electrons. The largest absolute Gasteiger partial charge is 0.493 e. The number of esters is 1. The van der Waals surface area contributed by atoms with E-state index >= 15 is 0 Å². The van der Waals surface area contributed by atoms with Gasteiger partial charge in [-0.3, -0.25) is 14.4 Å². The molecule has 4 aliphatic rings. The zero-order valence-corrected chi connectivity index (χ0v) is 25.6. The Kier molecular flexibility index (Phi) is 9.25. The zero-order chi connectivity index (χ0) is 29.2. The summed E-state index contributed by atoms with van der Waals surface area (Å²) in [7, 11) is 0. The number of carbonyl (C=O) groups is 3. The molecule has 41 heavy (non-hydrogen) atoms. The van der Waals surface area contributed by atoms with Gasteiger partial charge in [0, 0.05) is 60.9 Å². The number of ether oxygens (including phenoxy) is 2. The van der Waals surface area contributed by atoms with E-state index < -0.39 is 0 Å². The number of alkyl halides is 2. The van der Waals surface area contributed by atoms with Crippen molar-refractivity contribution in [1.29, 1.82) is 0 Å². The van der Waals surface area contributed by atoms with Gasteiger partial charge in [-0.05, 0) is 73.6 Å². The van der Waals surface area contributed by atoms with Gasteiger partial charge in [0.05, 0.1) is 13.0 Å². The first-order valence-corrected chi connectivity index (χ1v) is 16.1. The van der Waals surface area contributed by atoms with Gasteiger partial charge < -0.3 is 19.7 Å². The molecule has 0 unspecified atom stereocenters. The van der Waals surface area contributed by atoms with Gasteiger partial charge in [-0.2, -0.15) is 0 Å². The number of hydrogen-bond acceptors (Lipinski definition) is 6. The summed E-state index contributed by atoms with van der Waals surface area (Å²) in [4.78, 5) is 40.6. The lowest BCUT2D eigenvalue weighted by molar-refractivity contribution is -0.151. The van der Waals surface area contributed by atoms with E-state index in [0.717, 1.165) is 43.4 Å². The van der Waals surface area contributed by atoms with Crippen molar-refractivity contribution in [3.8, 4) is 5.75 Å². The maximum atomic E-state index is 13.0. The summed E-state index contributed by atoms with van der Waals surface area (Å²) in [6, 6.07) is 7.70. The fourth-order valence-corrected chi connectivity index (χ4v) is 8.38. The van der Waals surface area contributed by atoms with Gasteiger partial charge in [0.1, 0.15) is 17.6 Å². The van der Waals surface area contributed by atoms with E-state index in [1.807, 2.05) is 24.3 Å². The standard InChI is InChI=1S/C32H42Cl2N2O5/c1-31-12-9-24(41-29(39)11-18-40-23-5-3-22(4-6-23)36(16-14-33)17-15-34)19-21(31)20-28(38)35-30-25-7-8-27(37)32(25,2)13-10-26(30)31/h3-6,20,24-26,30H,7-19H2,1-2H3,(H,35,38)/t24-,25-,26-,30-,31-,32-/m0/s1. The van der Waals surface area contributed by atoms with Crippen molar-refractivity contribution in [3.05, 3.63) is 35.9 Å². The Morgan fingerprint density at radius 1 is 1.00 bits per heavy atom. The molecule has 0 saturated heterocycles. The van der Waals surface area contributed by atoms with E-state index in [4.69, 9.17) is 32.7 Å². The van der Waals surface area contributed by atoms with Crippen LogP contribution in [-0.2, 0) is 19.1 Å². The van der Waals surface area contributed by atoms with Gasteiger partial charge in [-0.1, -0.05) is 19.4 Å². The third kappa shape index (κ3) is 6.13. The maximum absolute atomic E-state index is 13.0. The number of fused-ring (bicyclic) bond motifs is 5. The van der Waals surface area contributed by atoms with Gasteiger partial charge in [0.2, 0.25) is 5.91 Å². The Balaban J connectivity index is 1.14. The van der Waals surface area contributed by atoms with Crippen LogP contribution in [0.1, 0.15) is 65.2 Å². The molecule has 0 bridgehead atoms. The third-order valence-electron chi connectivity index (χ3n) is 10.4. The first kappa shape index (κ1) is 30.2. The van der Waals surface area contributed by atoms with Crippen molar-refractivity contribution in [2.75, 3.05) is 36.4 Å². The summed E-state index contributed by atoms with van der Waals surface area (Å²) < 4.78 is 11.7. The molecule has 0 aromatic heterocycles. The molecule has 224 valence electrons. The highest BCUT2D eigenvalue weighted by atomic mass is 35.5. The summed E-state index contributed by atoms with van der Waals surface area (Å²) in [6.07, 6.45) is 7.14. The number of anilines is 1. The molecule has 3 aliphatic carbocycles. The molecular weight excluding hydrogens is 563 g/mol. The molecule has 1 heterocycles. The monoisotopic (exact) mass is 604 g/mol. The predicted octanol–water partition coefficient (Wildman–Crippen LogP) is 5.66. The number of hydrogen-bond donors (Lipinski definition) is 1. The lowest BCUT2D eigenvalue weighted by Gasteiger charge is -2.53. The molecule has 1 amide bonds. The Bertz CT molecular complexity index is 1170. The second-order valence-corrected chi connectivity index (χ2v) is 13.3. The van der Waals surface area contributed by atoms with E-state index in [9.17, 15) is 14.4 Å². The average Bonchev–Trinajstić information content (AvgIpc) is 3.19. The molecular formula is C32H42Cl2N2O5. The molecule has 1 N–H and O–H groups in total. The first-order chi connectivity index (χ1) is 19.7. The van der Waals surface area contributed by atoms with Crippen LogP contribution in [0.5, 0.6) is 5.75 Å². The number of amides is 1. The van der Waals surface area contributed by atoms with Crippen LogP contribution >= 0.6 is 23.2 Å². The number of nitrogens with one attached hydrogen (secondary N) is 1. The SMILES string of the molecule is C[C@]12CC[C@H](OC(=O)CCOc3ccc(N(CCCl)CCCl)cc3)CC1=CC(=O)N[C@@H]1[C@@H]2CC[C@]2(C)C(=O)CC[C@@H]12. The number of halogens is 2. The van der Waals surface area contributed by atoms with Crippen molar-refractivity contribution in [2.24, 2.45) is 22.7 Å². The number of ketones is 1. The van der Waals surface area contributed by atoms with Crippen LogP contribution in [0.2, 0.25) is 0 Å². The average molecular weight is 606 g/mol. The maximum Gasteiger partial charge on any atom is 0.309 e. The highest BCUT2D eigenvalue weighted by Gasteiger charge is 2.59. The Hall–Kier alpha value is -2.25. The lowest BCUT2D eigenvalue weighted by Crippen LogP contribution is -2.56. The van der Waals surface area contributed by atoms with E-state index in [-0.39, 0.29) is 59.7 Å². The fourth-order valence-electron chi connectivity index (χ4n) is 7.97. The van der Waals surface area contributed by atoms with Gasteiger partial charge in [-0.25, -0.2) is 0 Å². The van der Waals surface area contributed by atoms with E-state index in [1.54, 1.807) is 6.08 Å². The third-order valence-corrected chi connectivity index (χ3v) is 10.7. The molecule has 9 heteroatoms. The molecule has 1 aromatic carbocycles. The van der Waals surface area contributed by atoms with E-state index in [0.29, 0.717) is 49.2 Å². The van der Waals surface area contributed by atoms with Crippen LogP contribution in [0.4, 0.5) is 5.69 Å². The van der Waals surface area contributed by atoms with Crippen LogP contribution in [0, 0.1) is 22.7 Å². The predicted molar refractivity (Wildman–Crippen MR) is 161 cm³/mol. The minimum absolute atomic E-state index is 0.0143. The molecule has 5 rings (SSSR count). The van der Waals surface area contributed by atoms with E-state index in [2.05, 4.69) is 24.1 Å². The molecule has 3 saturated carbocycles. The zero-order valence-electron chi connectivity index (χ0n) is 24.1. The second-order valence-electron chi connectivity index (χ2n) is 12.6. The minimum Gasteiger partial charge on any atom is -0.493 e. The quantitative estimate of drug-likeness (QED) is 0.274. The topological polar surface area (TPSA) is 84.9 Å². The molecule has 3 fully saturated rings. The Morgan fingerprint density at radius 3 is 2.39 bits per heavy atom. The van der Waals surface area contributed by atoms with Crippen molar-refractivity contribution in [3.63, 3.8) is 0 Å². The van der Waals surface area contributed by atoms with Gasteiger partial charge in [-0.15, -0.1) is 23.2 Å². The van der Waals surface area contributed by atoms with Crippen LogP contribution in [-0.4, -0.2) is 61.3 Å². The summed E-state index contributed by atoms with van der Waals surface area (Å²) >= 11 is 11.8. The van der Waals surface area contributed by atoms with Crippen molar-refractivity contribution >= 4 is 46.5 Å². The number of nitrogens with zero attached hydrogens (tertiary/aromatic N) is 1. The fraction of sp³-hybridized carbons (Fsp3) is 0.656. The highest BCUT2D eigenvalue weighted by molar-refractivity contribution is 6.18. The second kappa shape index (κ2) is 12.5. The van der Waals surface area contributed by atoms with Gasteiger partial charge in [0.25, 0.3) is 0 Å². The van der Waals surface area contributed by atoms with Crippen molar-refractivity contribution < 1.29 is 23.9 Å². The van der Waals surface area contributed by atoms with Gasteiger partial charge >= 0.3 is 5.97 Å². The molecule has 1 aliphatic heterocycles. The minimum atomic E-state index is -0.318. The number of rotatable bonds is 10. The summed E-state index contributed by atoms with van der Waals surface area (Å²) in [5.41, 5.74) is 1.64. The summed E-state index contributed by atoms with van der Waals surface area (Å²) in [6.45, 7) is 6.03. The first-order valence-electron chi connectivity index (χ1n) is 15.0. The Labute approximate surface area is 253 Å². The number of benzene rings is 1. The van der Waals surface area contributed by atoms with E-state index in [1.165, 1.54) is 0 Å². The van der Waals surface area contributed by atoms with Crippen molar-refractivity contribution in [1.82, 2.24) is 5.32 Å². The van der Waals surface area contributed by atoms with Crippen LogP contribution in [0.3, 0.4) is 0 Å². The lowest BCUT2D eigenvalue weighted by atomic mass is 9.53. The number of carbonyl (C=O) groups excluding carboxylic acids is 3. The highest BCUT2D eigenvalue weighted by Crippen LogP contribution is 2.59. The van der Waals surface area contributed by atoms with Crippen molar-refractivity contribution in [2.45, 2.75) is 77.4 Å². The Morgan fingerprint density at radius 2 is 1.68 bits per heavy atom. The van der Waals surface area contributed by atoms with Crippen LogP contribution in [0.25, 0.3) is 0 Å². The van der Waals surface area contributed by atoms with Gasteiger partial charge in [0.15, 0.2) is 0 Å². The normalized spacial score (nSPS) is 32.5. The summed E-state index contributed by atoms with van der Waals surface area (Å²) in [5.74, 6) is 2.19. The molecule has 7 nitrogen and oxygen atoms in total. The molecule has 6 atom stereocenters. The molecule has 1 aromatic rings. The van der Waals surface area contributed by atoms with Crippen LogP contribution in [0.15, 0.2) is 35.9 Å². The molecule has 0 spiro atoms. The summed E-state index contributed by atoms with van der Waals surface area (Å²) in [5, 5.41) is 3.29.